The predicted octanol–water partition coefficient (Wildman–Crippen LogP) is 5.03. The predicted molar refractivity (Wildman–Crippen MR) is 120 cm³/mol. The average molecular weight is 455 g/mol. The maximum absolute atomic E-state index is 12.5. The van der Waals surface area contributed by atoms with E-state index in [4.69, 9.17) is 18.9 Å². The first-order valence-electron chi connectivity index (χ1n) is 12.6. The Labute approximate surface area is 192 Å². The molecule has 0 aromatic heterocycles. The van der Waals surface area contributed by atoms with Crippen LogP contribution in [0.5, 0.6) is 0 Å². The largest absolute Gasteiger partial charge is 0.448 e. The third-order valence-electron chi connectivity index (χ3n) is 6.10. The van der Waals surface area contributed by atoms with Gasteiger partial charge in [-0.15, -0.1) is 0 Å². The Bertz CT molecular complexity index is 601. The van der Waals surface area contributed by atoms with E-state index in [-0.39, 0.29) is 13.0 Å². The standard InChI is InChI=1S/C25H42O7/c1-4-5-6-7-8-9-10-11-12-13-14-15-16-17-20(26)30-23-21(27)22(31-24(23)28)19-18-29-25(2,3)32-19/h19,22-23H,4-18H2,1-3H3. The number of rotatable bonds is 16. The lowest BCUT2D eigenvalue weighted by atomic mass is 10.0. The molecule has 0 bridgehead atoms. The highest BCUT2D eigenvalue weighted by Crippen LogP contribution is 2.29. The molecule has 2 aliphatic heterocycles. The molecule has 184 valence electrons. The van der Waals surface area contributed by atoms with Gasteiger partial charge in [0, 0.05) is 6.42 Å². The molecule has 2 heterocycles. The fourth-order valence-electron chi connectivity index (χ4n) is 4.22. The molecule has 7 nitrogen and oxygen atoms in total. The van der Waals surface area contributed by atoms with Gasteiger partial charge in [-0.1, -0.05) is 84.0 Å². The number of Topliss-reactive ketones (excluding diaryl/α,β-unsaturated/α-hetero) is 1. The monoisotopic (exact) mass is 454 g/mol. The van der Waals surface area contributed by atoms with Crippen molar-refractivity contribution in [2.75, 3.05) is 6.61 Å². The zero-order valence-electron chi connectivity index (χ0n) is 20.2. The second kappa shape index (κ2) is 13.9. The second-order valence-corrected chi connectivity index (χ2v) is 9.49. The molecule has 3 atom stereocenters. The lowest BCUT2D eigenvalue weighted by Crippen LogP contribution is -2.38. The molecule has 0 aromatic carbocycles. The highest BCUT2D eigenvalue weighted by Gasteiger charge is 2.53. The molecular formula is C25H42O7. The maximum atomic E-state index is 12.5. The third kappa shape index (κ3) is 9.18. The molecule has 2 saturated heterocycles. The molecule has 0 aliphatic carbocycles. The summed E-state index contributed by atoms with van der Waals surface area (Å²) >= 11 is 0. The fourth-order valence-corrected chi connectivity index (χ4v) is 4.22. The van der Waals surface area contributed by atoms with Gasteiger partial charge < -0.3 is 18.9 Å². The van der Waals surface area contributed by atoms with Crippen LogP contribution in [-0.4, -0.2) is 48.4 Å². The van der Waals surface area contributed by atoms with Crippen molar-refractivity contribution >= 4 is 17.7 Å². The number of hydrogen-bond donors (Lipinski definition) is 0. The van der Waals surface area contributed by atoms with Gasteiger partial charge in [0.1, 0.15) is 6.10 Å². The molecule has 0 amide bonds. The van der Waals surface area contributed by atoms with Crippen molar-refractivity contribution in [3.63, 3.8) is 0 Å². The summed E-state index contributed by atoms with van der Waals surface area (Å²) in [4.78, 5) is 36.6. The minimum Gasteiger partial charge on any atom is -0.448 e. The van der Waals surface area contributed by atoms with Crippen LogP contribution in [0.1, 0.15) is 111 Å². The first-order valence-corrected chi connectivity index (χ1v) is 12.6. The van der Waals surface area contributed by atoms with Crippen LogP contribution in [0.15, 0.2) is 0 Å². The van der Waals surface area contributed by atoms with Crippen molar-refractivity contribution in [2.24, 2.45) is 0 Å². The summed E-state index contributed by atoms with van der Waals surface area (Å²) in [7, 11) is 0. The highest BCUT2D eigenvalue weighted by molar-refractivity contribution is 6.10. The zero-order chi connectivity index (χ0) is 23.4. The summed E-state index contributed by atoms with van der Waals surface area (Å²) in [5, 5.41) is 0. The number of carbonyl (C=O) groups is 3. The Morgan fingerprint density at radius 3 is 1.94 bits per heavy atom. The SMILES string of the molecule is CCCCCCCCCCCCCCCC(=O)OC1C(=O)OC(C2COC(C)(C)O2)C1=O. The van der Waals surface area contributed by atoms with Crippen LogP contribution >= 0.6 is 0 Å². The lowest BCUT2D eigenvalue weighted by Gasteiger charge is -2.19. The first-order chi connectivity index (χ1) is 15.3. The molecule has 32 heavy (non-hydrogen) atoms. The summed E-state index contributed by atoms with van der Waals surface area (Å²) < 4.78 is 21.3. The van der Waals surface area contributed by atoms with E-state index in [0.717, 1.165) is 12.8 Å². The fraction of sp³-hybridized carbons (Fsp3) is 0.880. The molecule has 0 radical (unpaired) electrons. The third-order valence-corrected chi connectivity index (χ3v) is 6.10. The van der Waals surface area contributed by atoms with E-state index >= 15 is 0 Å². The molecule has 2 rings (SSSR count). The van der Waals surface area contributed by atoms with Gasteiger partial charge >= 0.3 is 11.9 Å². The van der Waals surface area contributed by atoms with Gasteiger partial charge in [0.15, 0.2) is 11.9 Å². The smallest absolute Gasteiger partial charge is 0.356 e. The Morgan fingerprint density at radius 1 is 0.906 bits per heavy atom. The van der Waals surface area contributed by atoms with Crippen LogP contribution in [0.2, 0.25) is 0 Å². The Hall–Kier alpha value is -1.47. The van der Waals surface area contributed by atoms with Gasteiger partial charge in [0.2, 0.25) is 5.78 Å². The Morgan fingerprint density at radius 2 is 1.44 bits per heavy atom. The van der Waals surface area contributed by atoms with Crippen LogP contribution in [0.4, 0.5) is 0 Å². The minimum atomic E-state index is -1.48. The minimum absolute atomic E-state index is 0.149. The van der Waals surface area contributed by atoms with Gasteiger partial charge in [-0.05, 0) is 20.3 Å². The van der Waals surface area contributed by atoms with Crippen molar-refractivity contribution in [3.8, 4) is 0 Å². The quantitative estimate of drug-likeness (QED) is 0.184. The van der Waals surface area contributed by atoms with Gasteiger partial charge in [0.05, 0.1) is 6.61 Å². The number of carbonyl (C=O) groups excluding carboxylic acids is 3. The maximum Gasteiger partial charge on any atom is 0.356 e. The van der Waals surface area contributed by atoms with E-state index < -0.39 is 41.8 Å². The molecule has 0 N–H and O–H groups in total. The van der Waals surface area contributed by atoms with Crippen molar-refractivity contribution in [1.29, 1.82) is 0 Å². The summed E-state index contributed by atoms with van der Waals surface area (Å²) in [6.07, 6.45) is 12.8. The van der Waals surface area contributed by atoms with E-state index in [1.807, 2.05) is 0 Å². The highest BCUT2D eigenvalue weighted by atomic mass is 16.8. The number of cyclic esters (lactones) is 1. The van der Waals surface area contributed by atoms with E-state index in [0.29, 0.717) is 6.42 Å². The first kappa shape index (κ1) is 26.8. The van der Waals surface area contributed by atoms with E-state index in [9.17, 15) is 14.4 Å². The van der Waals surface area contributed by atoms with E-state index in [1.54, 1.807) is 13.8 Å². The van der Waals surface area contributed by atoms with Crippen molar-refractivity contribution in [2.45, 2.75) is 135 Å². The summed E-state index contributed by atoms with van der Waals surface area (Å²) in [6.45, 7) is 5.84. The number of ketones is 1. The van der Waals surface area contributed by atoms with E-state index in [1.165, 1.54) is 64.2 Å². The molecule has 0 aromatic rings. The van der Waals surface area contributed by atoms with Gasteiger partial charge in [-0.3, -0.25) is 9.59 Å². The summed E-state index contributed by atoms with van der Waals surface area (Å²) in [5.41, 5.74) is 0. The number of esters is 2. The van der Waals surface area contributed by atoms with Gasteiger partial charge in [0.25, 0.3) is 6.10 Å². The Balaban J connectivity index is 1.50. The number of unbranched alkanes of at least 4 members (excludes halogenated alkanes) is 12. The molecule has 2 aliphatic rings. The summed E-state index contributed by atoms with van der Waals surface area (Å²) in [5.74, 6) is -2.76. The van der Waals surface area contributed by atoms with Crippen LogP contribution < -0.4 is 0 Å². The molecule has 0 saturated carbocycles. The zero-order valence-corrected chi connectivity index (χ0v) is 20.2. The number of ether oxygens (including phenoxy) is 4. The van der Waals surface area contributed by atoms with Crippen LogP contribution in [-0.2, 0) is 33.3 Å². The molecular weight excluding hydrogens is 412 g/mol. The van der Waals surface area contributed by atoms with Gasteiger partial charge in [-0.2, -0.15) is 0 Å². The summed E-state index contributed by atoms with van der Waals surface area (Å²) in [6, 6.07) is 0. The van der Waals surface area contributed by atoms with Crippen molar-refractivity contribution in [3.05, 3.63) is 0 Å². The van der Waals surface area contributed by atoms with E-state index in [2.05, 4.69) is 6.92 Å². The van der Waals surface area contributed by atoms with Crippen LogP contribution in [0.25, 0.3) is 0 Å². The van der Waals surface area contributed by atoms with Crippen LogP contribution in [0, 0.1) is 0 Å². The Kier molecular flexibility index (Phi) is 11.7. The molecule has 2 fully saturated rings. The number of hydrogen-bond acceptors (Lipinski definition) is 7. The molecule has 3 unspecified atom stereocenters. The molecule has 0 spiro atoms. The van der Waals surface area contributed by atoms with Gasteiger partial charge in [-0.25, -0.2) is 4.79 Å². The topological polar surface area (TPSA) is 88.1 Å². The van der Waals surface area contributed by atoms with Crippen molar-refractivity contribution in [1.82, 2.24) is 0 Å². The molecule has 7 heteroatoms. The lowest BCUT2D eigenvalue weighted by molar-refractivity contribution is -0.166. The second-order valence-electron chi connectivity index (χ2n) is 9.49. The van der Waals surface area contributed by atoms with Crippen LogP contribution in [0.3, 0.4) is 0 Å². The normalized spacial score (nSPS) is 24.7. The van der Waals surface area contributed by atoms with Crippen molar-refractivity contribution < 1.29 is 33.3 Å². The average Bonchev–Trinajstić information content (AvgIpc) is 3.24.